The number of nitrogens with one attached hydrogen (secondary N) is 1. The van der Waals surface area contributed by atoms with Crippen molar-refractivity contribution in [3.8, 4) is 0 Å². The molecule has 0 aliphatic rings. The number of rotatable bonds is 4. The van der Waals surface area contributed by atoms with Crippen molar-refractivity contribution in [2.45, 2.75) is 25.4 Å². The van der Waals surface area contributed by atoms with Gasteiger partial charge in [-0.25, -0.2) is 0 Å². The highest BCUT2D eigenvalue weighted by Gasteiger charge is 2.43. The third-order valence-electron chi connectivity index (χ3n) is 4.17. The topological polar surface area (TPSA) is 32.9 Å². The Balaban J connectivity index is 2.04. The van der Waals surface area contributed by atoms with Gasteiger partial charge in [-0.1, -0.05) is 48.5 Å². The van der Waals surface area contributed by atoms with Gasteiger partial charge in [0.15, 0.2) is 5.78 Å². The first-order valence-corrected chi connectivity index (χ1v) is 7.60. The predicted octanol–water partition coefficient (Wildman–Crippen LogP) is 5.40. The van der Waals surface area contributed by atoms with Crippen LogP contribution in [0.25, 0.3) is 10.9 Å². The summed E-state index contributed by atoms with van der Waals surface area (Å²) in [7, 11) is 0. The number of H-pyrrole nitrogens is 1. The predicted molar refractivity (Wildman–Crippen MR) is 87.2 cm³/mol. The van der Waals surface area contributed by atoms with Crippen molar-refractivity contribution >= 4 is 16.7 Å². The molecular formula is C19H16F3NO. The fraction of sp³-hybridized carbons (Fsp3) is 0.211. The Morgan fingerprint density at radius 1 is 1.04 bits per heavy atom. The summed E-state index contributed by atoms with van der Waals surface area (Å²) in [5.74, 6) is -2.34. The number of para-hydroxylation sites is 1. The second-order valence-electron chi connectivity index (χ2n) is 5.80. The number of carbonyl (C=O) groups is 1. The molecule has 0 aliphatic heterocycles. The lowest BCUT2D eigenvalue weighted by Gasteiger charge is -2.20. The number of halogens is 3. The van der Waals surface area contributed by atoms with Crippen molar-refractivity contribution in [2.24, 2.45) is 0 Å². The number of hydrogen-bond donors (Lipinski definition) is 1. The number of Topliss-reactive ketones (excluding diaryl/α,β-unsaturated/α-hetero) is 1. The molecule has 0 unspecified atom stereocenters. The number of alkyl halides is 3. The molecule has 0 fully saturated rings. The van der Waals surface area contributed by atoms with Gasteiger partial charge in [0.2, 0.25) is 0 Å². The number of benzene rings is 2. The summed E-state index contributed by atoms with van der Waals surface area (Å²) in [4.78, 5) is 15.3. The Hall–Kier alpha value is -2.56. The van der Waals surface area contributed by atoms with Crippen molar-refractivity contribution in [3.63, 3.8) is 0 Å². The molecule has 0 radical (unpaired) electrons. The minimum Gasteiger partial charge on any atom is -0.358 e. The maximum Gasteiger partial charge on any atom is 0.396 e. The number of aromatic nitrogens is 1. The van der Waals surface area contributed by atoms with Crippen LogP contribution in [0.1, 0.15) is 34.0 Å². The first-order valence-electron chi connectivity index (χ1n) is 7.60. The summed E-state index contributed by atoms with van der Waals surface area (Å²) >= 11 is 0. The molecule has 1 aromatic heterocycles. The van der Waals surface area contributed by atoms with Crippen LogP contribution in [0, 0.1) is 6.92 Å². The van der Waals surface area contributed by atoms with Crippen LogP contribution in [0.15, 0.2) is 54.6 Å². The summed E-state index contributed by atoms with van der Waals surface area (Å²) in [6, 6.07) is 14.9. The first kappa shape index (κ1) is 16.3. The molecule has 0 saturated carbocycles. The van der Waals surface area contributed by atoms with Crippen LogP contribution in [0.4, 0.5) is 13.2 Å². The van der Waals surface area contributed by atoms with E-state index in [4.69, 9.17) is 0 Å². The third-order valence-corrected chi connectivity index (χ3v) is 4.17. The Labute approximate surface area is 137 Å². The second kappa shape index (κ2) is 6.15. The van der Waals surface area contributed by atoms with E-state index in [-0.39, 0.29) is 5.56 Å². The Bertz CT molecular complexity index is 865. The smallest absolute Gasteiger partial charge is 0.358 e. The van der Waals surface area contributed by atoms with E-state index in [0.717, 1.165) is 0 Å². The van der Waals surface area contributed by atoms with Gasteiger partial charge in [-0.15, -0.1) is 0 Å². The van der Waals surface area contributed by atoms with Crippen LogP contribution < -0.4 is 0 Å². The average Bonchev–Trinajstić information content (AvgIpc) is 2.88. The lowest BCUT2D eigenvalue weighted by Crippen LogP contribution is -2.24. The minimum atomic E-state index is -4.50. The Morgan fingerprint density at radius 2 is 1.67 bits per heavy atom. The van der Waals surface area contributed by atoms with E-state index in [2.05, 4.69) is 4.98 Å². The van der Waals surface area contributed by atoms with Crippen LogP contribution in [-0.2, 0) is 0 Å². The SMILES string of the molecule is Cc1[nH]c2ccccc2c1[C@@H](CC(=O)c1ccccc1)C(F)(F)F. The van der Waals surface area contributed by atoms with Gasteiger partial charge in [0.05, 0.1) is 5.92 Å². The van der Waals surface area contributed by atoms with Gasteiger partial charge >= 0.3 is 6.18 Å². The van der Waals surface area contributed by atoms with Crippen LogP contribution in [0.3, 0.4) is 0 Å². The summed E-state index contributed by atoms with van der Waals surface area (Å²) in [5, 5.41) is 0.512. The zero-order valence-electron chi connectivity index (χ0n) is 13.0. The number of hydrogen-bond acceptors (Lipinski definition) is 1. The summed E-state index contributed by atoms with van der Waals surface area (Å²) in [6.07, 6.45) is -5.10. The van der Waals surface area contributed by atoms with Crippen LogP contribution in [0.2, 0.25) is 0 Å². The zero-order chi connectivity index (χ0) is 17.3. The molecule has 3 aromatic rings. The molecule has 1 N–H and O–H groups in total. The zero-order valence-corrected chi connectivity index (χ0v) is 13.0. The lowest BCUT2D eigenvalue weighted by atomic mass is 9.89. The van der Waals surface area contributed by atoms with E-state index in [0.29, 0.717) is 22.2 Å². The summed E-state index contributed by atoms with van der Waals surface area (Å²) in [5.41, 5.74) is 1.54. The highest BCUT2D eigenvalue weighted by Crippen LogP contribution is 2.42. The number of ketones is 1. The summed E-state index contributed by atoms with van der Waals surface area (Å²) in [6.45, 7) is 1.61. The second-order valence-corrected chi connectivity index (χ2v) is 5.80. The molecule has 1 heterocycles. The van der Waals surface area contributed by atoms with Crippen LogP contribution in [-0.4, -0.2) is 16.9 Å². The molecular weight excluding hydrogens is 315 g/mol. The standard InChI is InChI=1S/C19H16F3NO/c1-12-18(14-9-5-6-10-16(14)23-12)15(19(20,21)22)11-17(24)13-7-3-2-4-8-13/h2-10,15,23H,11H2,1H3/t15-/m1/s1. The molecule has 0 aliphatic carbocycles. The van der Waals surface area contributed by atoms with Gasteiger partial charge in [0, 0.05) is 28.6 Å². The van der Waals surface area contributed by atoms with E-state index in [1.807, 2.05) is 0 Å². The van der Waals surface area contributed by atoms with Gasteiger partial charge in [-0.2, -0.15) is 13.2 Å². The molecule has 2 aromatic carbocycles. The fourth-order valence-electron chi connectivity index (χ4n) is 3.06. The fourth-order valence-corrected chi connectivity index (χ4v) is 3.06. The van der Waals surface area contributed by atoms with E-state index in [1.54, 1.807) is 49.4 Å². The first-order chi connectivity index (χ1) is 11.4. The summed E-state index contributed by atoms with van der Waals surface area (Å²) < 4.78 is 41.1. The maximum atomic E-state index is 13.7. The van der Waals surface area contributed by atoms with Crippen LogP contribution >= 0.6 is 0 Å². The highest BCUT2D eigenvalue weighted by atomic mass is 19.4. The molecule has 0 amide bonds. The molecule has 24 heavy (non-hydrogen) atoms. The molecule has 1 atom stereocenters. The normalized spacial score (nSPS) is 13.2. The number of aryl methyl sites for hydroxylation is 1. The average molecular weight is 331 g/mol. The van der Waals surface area contributed by atoms with Crippen LogP contribution in [0.5, 0.6) is 0 Å². The van der Waals surface area contributed by atoms with Gasteiger partial charge < -0.3 is 4.98 Å². The third kappa shape index (κ3) is 3.07. The van der Waals surface area contributed by atoms with Crippen molar-refractivity contribution in [1.29, 1.82) is 0 Å². The van der Waals surface area contributed by atoms with Gasteiger partial charge in [-0.05, 0) is 18.6 Å². The van der Waals surface area contributed by atoms with Crippen molar-refractivity contribution in [3.05, 3.63) is 71.4 Å². The van der Waals surface area contributed by atoms with Gasteiger partial charge in [0.1, 0.15) is 0 Å². The monoisotopic (exact) mass is 331 g/mol. The molecule has 0 bridgehead atoms. The minimum absolute atomic E-state index is 0.155. The molecule has 3 rings (SSSR count). The lowest BCUT2D eigenvalue weighted by molar-refractivity contribution is -0.149. The van der Waals surface area contributed by atoms with Crippen molar-refractivity contribution < 1.29 is 18.0 Å². The highest BCUT2D eigenvalue weighted by molar-refractivity contribution is 5.97. The molecule has 0 saturated heterocycles. The van der Waals surface area contributed by atoms with E-state index in [1.165, 1.54) is 12.1 Å². The number of fused-ring (bicyclic) bond motifs is 1. The van der Waals surface area contributed by atoms with Crippen molar-refractivity contribution in [2.75, 3.05) is 0 Å². The van der Waals surface area contributed by atoms with E-state index in [9.17, 15) is 18.0 Å². The Morgan fingerprint density at radius 3 is 2.33 bits per heavy atom. The van der Waals surface area contributed by atoms with E-state index >= 15 is 0 Å². The number of aromatic amines is 1. The molecule has 0 spiro atoms. The van der Waals surface area contributed by atoms with Gasteiger partial charge in [0.25, 0.3) is 0 Å². The number of carbonyl (C=O) groups excluding carboxylic acids is 1. The largest absolute Gasteiger partial charge is 0.396 e. The van der Waals surface area contributed by atoms with Gasteiger partial charge in [-0.3, -0.25) is 4.79 Å². The van der Waals surface area contributed by atoms with E-state index < -0.39 is 24.3 Å². The molecule has 2 nitrogen and oxygen atoms in total. The quantitative estimate of drug-likeness (QED) is 0.638. The Kier molecular flexibility index (Phi) is 4.18. The van der Waals surface area contributed by atoms with Crippen molar-refractivity contribution in [1.82, 2.24) is 4.98 Å². The molecule has 5 heteroatoms. The maximum absolute atomic E-state index is 13.7. The molecule has 124 valence electrons.